The van der Waals surface area contributed by atoms with Gasteiger partial charge in [0.25, 0.3) is 5.56 Å². The van der Waals surface area contributed by atoms with E-state index in [-0.39, 0.29) is 5.56 Å². The lowest BCUT2D eigenvalue weighted by Crippen LogP contribution is -2.33. The Morgan fingerprint density at radius 3 is 2.47 bits per heavy atom. The summed E-state index contributed by atoms with van der Waals surface area (Å²) in [5, 5.41) is 4.47. The number of hydrogen-bond donors (Lipinski definition) is 1. The first-order chi connectivity index (χ1) is 14.7. The van der Waals surface area contributed by atoms with E-state index in [1.165, 1.54) is 16.2 Å². The van der Waals surface area contributed by atoms with Gasteiger partial charge in [0.2, 0.25) is 0 Å². The van der Waals surface area contributed by atoms with Crippen LogP contribution in [-0.2, 0) is 0 Å². The summed E-state index contributed by atoms with van der Waals surface area (Å²) < 4.78 is 6.39. The van der Waals surface area contributed by atoms with Gasteiger partial charge < -0.3 is 4.74 Å². The van der Waals surface area contributed by atoms with Gasteiger partial charge in [-0.05, 0) is 34.7 Å². The van der Waals surface area contributed by atoms with Gasteiger partial charge in [-0.25, -0.2) is 9.36 Å². The third-order valence-electron chi connectivity index (χ3n) is 4.94. The zero-order chi connectivity index (χ0) is 20.7. The van der Waals surface area contributed by atoms with Crippen LogP contribution in [0.25, 0.3) is 37.5 Å². The summed E-state index contributed by atoms with van der Waals surface area (Å²) in [4.78, 5) is 30.6. The number of methoxy groups -OCH3 is 1. The number of ether oxygens (including phenoxy) is 1. The Hall–Kier alpha value is -3.42. The van der Waals surface area contributed by atoms with Crippen molar-refractivity contribution in [3.05, 3.63) is 92.3 Å². The monoisotopic (exact) mass is 432 g/mol. The molecule has 3 heterocycles. The Morgan fingerprint density at radius 1 is 0.933 bits per heavy atom. The van der Waals surface area contributed by atoms with Crippen LogP contribution in [0.2, 0.25) is 0 Å². The van der Waals surface area contributed by atoms with Gasteiger partial charge in [0.05, 0.1) is 18.2 Å². The van der Waals surface area contributed by atoms with Crippen molar-refractivity contribution in [3.8, 4) is 33.0 Å². The minimum absolute atomic E-state index is 0.347. The summed E-state index contributed by atoms with van der Waals surface area (Å²) in [6, 6.07) is 19.1. The van der Waals surface area contributed by atoms with Crippen LogP contribution in [-0.4, -0.2) is 16.7 Å². The molecule has 5 aromatic rings. The molecular formula is C23H16N2O3S2. The third-order valence-corrected chi connectivity index (χ3v) is 6.76. The molecule has 0 saturated heterocycles. The quantitative estimate of drug-likeness (QED) is 0.427. The topological polar surface area (TPSA) is 64.1 Å². The summed E-state index contributed by atoms with van der Waals surface area (Å²) in [6.07, 6.45) is 0. The van der Waals surface area contributed by atoms with E-state index in [9.17, 15) is 9.59 Å². The second-order valence-electron chi connectivity index (χ2n) is 6.68. The highest BCUT2D eigenvalue weighted by Gasteiger charge is 2.16. The highest BCUT2D eigenvalue weighted by atomic mass is 32.1. The van der Waals surface area contributed by atoms with Gasteiger partial charge >= 0.3 is 5.69 Å². The SMILES string of the molecule is COc1cccc(-n2c(=O)[nH]c3scc(-c4ccc(-c5cccs5)cc4)c3c2=O)c1. The number of aromatic nitrogens is 2. The van der Waals surface area contributed by atoms with E-state index in [2.05, 4.69) is 23.2 Å². The largest absolute Gasteiger partial charge is 0.497 e. The van der Waals surface area contributed by atoms with E-state index in [0.29, 0.717) is 21.7 Å². The first kappa shape index (κ1) is 18.6. The summed E-state index contributed by atoms with van der Waals surface area (Å²) in [5.41, 5.74) is 2.53. The van der Waals surface area contributed by atoms with Crippen molar-refractivity contribution in [2.24, 2.45) is 0 Å². The third kappa shape index (κ3) is 3.08. The van der Waals surface area contributed by atoms with Crippen molar-refractivity contribution in [2.75, 3.05) is 7.11 Å². The molecule has 2 aromatic carbocycles. The predicted molar refractivity (Wildman–Crippen MR) is 123 cm³/mol. The predicted octanol–water partition coefficient (Wildman–Crippen LogP) is 5.14. The van der Waals surface area contributed by atoms with Gasteiger partial charge in [-0.15, -0.1) is 22.7 Å². The number of rotatable bonds is 4. The van der Waals surface area contributed by atoms with Gasteiger partial charge in [0, 0.05) is 21.9 Å². The first-order valence-corrected chi connectivity index (χ1v) is 11.0. The van der Waals surface area contributed by atoms with Gasteiger partial charge in [-0.3, -0.25) is 9.78 Å². The molecule has 0 radical (unpaired) electrons. The lowest BCUT2D eigenvalue weighted by molar-refractivity contribution is 0.414. The highest BCUT2D eigenvalue weighted by molar-refractivity contribution is 7.17. The van der Waals surface area contributed by atoms with E-state index in [4.69, 9.17) is 4.74 Å². The van der Waals surface area contributed by atoms with Gasteiger partial charge in [-0.1, -0.05) is 36.4 Å². The van der Waals surface area contributed by atoms with Crippen LogP contribution in [0.15, 0.2) is 81.0 Å². The van der Waals surface area contributed by atoms with E-state index in [1.807, 2.05) is 29.0 Å². The second kappa shape index (κ2) is 7.44. The van der Waals surface area contributed by atoms with E-state index in [0.717, 1.165) is 21.3 Å². The van der Waals surface area contributed by atoms with Crippen molar-refractivity contribution in [2.45, 2.75) is 0 Å². The molecule has 7 heteroatoms. The number of H-pyrrole nitrogens is 1. The Balaban J connectivity index is 1.68. The normalized spacial score (nSPS) is 11.1. The van der Waals surface area contributed by atoms with Crippen LogP contribution < -0.4 is 16.0 Å². The van der Waals surface area contributed by atoms with Crippen molar-refractivity contribution < 1.29 is 4.74 Å². The average Bonchev–Trinajstić information content (AvgIpc) is 3.44. The molecule has 0 saturated carbocycles. The Kier molecular flexibility index (Phi) is 4.61. The molecule has 1 N–H and O–H groups in total. The fourth-order valence-corrected chi connectivity index (χ4v) is 5.16. The zero-order valence-corrected chi connectivity index (χ0v) is 17.5. The Morgan fingerprint density at radius 2 is 1.73 bits per heavy atom. The van der Waals surface area contributed by atoms with Crippen molar-refractivity contribution >= 4 is 32.9 Å². The average molecular weight is 433 g/mol. The number of hydrogen-bond acceptors (Lipinski definition) is 5. The molecule has 0 spiro atoms. The van der Waals surface area contributed by atoms with Gasteiger partial charge in [-0.2, -0.15) is 0 Å². The molecule has 0 atom stereocenters. The summed E-state index contributed by atoms with van der Waals surface area (Å²) in [6.45, 7) is 0. The Bertz CT molecular complexity index is 1460. The minimum Gasteiger partial charge on any atom is -0.497 e. The maximum Gasteiger partial charge on any atom is 0.334 e. The molecule has 0 bridgehead atoms. The second-order valence-corrected chi connectivity index (χ2v) is 8.51. The fourth-order valence-electron chi connectivity index (χ4n) is 3.47. The van der Waals surface area contributed by atoms with E-state index >= 15 is 0 Å². The molecule has 0 aliphatic carbocycles. The summed E-state index contributed by atoms with van der Waals surface area (Å²) in [7, 11) is 1.55. The summed E-state index contributed by atoms with van der Waals surface area (Å²) in [5.74, 6) is 0.577. The van der Waals surface area contributed by atoms with Crippen LogP contribution in [0, 0.1) is 0 Å². The van der Waals surface area contributed by atoms with Crippen molar-refractivity contribution in [3.63, 3.8) is 0 Å². The molecule has 148 valence electrons. The lowest BCUT2D eigenvalue weighted by atomic mass is 10.0. The standard InChI is InChI=1S/C23H16N2O3S2/c1-28-17-5-2-4-16(12-17)25-22(26)20-18(13-30-21(20)24-23(25)27)14-7-9-15(10-8-14)19-6-3-11-29-19/h2-13H,1H3,(H,24,27). The molecule has 0 aliphatic heterocycles. The minimum atomic E-state index is -0.470. The van der Waals surface area contributed by atoms with Crippen LogP contribution in [0.5, 0.6) is 5.75 Å². The highest BCUT2D eigenvalue weighted by Crippen LogP contribution is 2.33. The molecule has 3 aromatic heterocycles. The number of benzene rings is 2. The number of nitrogens with one attached hydrogen (secondary N) is 1. The summed E-state index contributed by atoms with van der Waals surface area (Å²) >= 11 is 3.05. The molecule has 5 rings (SSSR count). The number of nitrogens with zero attached hydrogens (tertiary/aromatic N) is 1. The van der Waals surface area contributed by atoms with Crippen LogP contribution in [0.4, 0.5) is 0 Å². The Labute approximate surface area is 179 Å². The van der Waals surface area contributed by atoms with E-state index < -0.39 is 5.69 Å². The first-order valence-electron chi connectivity index (χ1n) is 9.21. The number of fused-ring (bicyclic) bond motifs is 1. The zero-order valence-electron chi connectivity index (χ0n) is 15.9. The van der Waals surface area contributed by atoms with Gasteiger partial charge in [0.15, 0.2) is 0 Å². The van der Waals surface area contributed by atoms with Crippen molar-refractivity contribution in [1.82, 2.24) is 9.55 Å². The molecule has 0 unspecified atom stereocenters. The maximum absolute atomic E-state index is 13.4. The smallest absolute Gasteiger partial charge is 0.334 e. The molecule has 5 nitrogen and oxygen atoms in total. The molecule has 0 fully saturated rings. The van der Waals surface area contributed by atoms with Crippen molar-refractivity contribution in [1.29, 1.82) is 0 Å². The van der Waals surface area contributed by atoms with Crippen LogP contribution >= 0.6 is 22.7 Å². The number of thiophene rings is 2. The molecular weight excluding hydrogens is 416 g/mol. The van der Waals surface area contributed by atoms with Crippen LogP contribution in [0.3, 0.4) is 0 Å². The fraction of sp³-hybridized carbons (Fsp3) is 0.0435. The van der Waals surface area contributed by atoms with E-state index in [1.54, 1.807) is 42.7 Å². The number of aromatic amines is 1. The molecule has 0 aliphatic rings. The van der Waals surface area contributed by atoms with Crippen LogP contribution in [0.1, 0.15) is 0 Å². The molecule has 30 heavy (non-hydrogen) atoms. The maximum atomic E-state index is 13.4. The molecule has 0 amide bonds. The van der Waals surface area contributed by atoms with Gasteiger partial charge in [0.1, 0.15) is 10.6 Å². The lowest BCUT2D eigenvalue weighted by Gasteiger charge is -2.08.